The first kappa shape index (κ1) is 8.55. The van der Waals surface area contributed by atoms with Crippen molar-refractivity contribution >= 4 is 22.8 Å². The van der Waals surface area contributed by atoms with Gasteiger partial charge < -0.3 is 15.3 Å². The third-order valence-electron chi connectivity index (χ3n) is 1.85. The number of fused-ring (bicyclic) bond motifs is 1. The van der Waals surface area contributed by atoms with Crippen molar-refractivity contribution < 1.29 is 14.3 Å². The average molecular weight is 192 g/mol. The van der Waals surface area contributed by atoms with Crippen LogP contribution in [0, 0.1) is 6.92 Å². The predicted molar refractivity (Wildman–Crippen MR) is 50.1 cm³/mol. The second-order valence-corrected chi connectivity index (χ2v) is 2.95. The van der Waals surface area contributed by atoms with Crippen LogP contribution in [0.1, 0.15) is 16.2 Å². The van der Waals surface area contributed by atoms with Crippen LogP contribution in [0.3, 0.4) is 0 Å². The molecule has 0 spiro atoms. The number of carboxylic acids is 1. The quantitative estimate of drug-likeness (QED) is 0.667. The smallest absolute Gasteiger partial charge is 0.339 e. The molecule has 0 amide bonds. The molecule has 5 nitrogen and oxygen atoms in total. The number of nitrogens with zero attached hydrogens (tertiary/aromatic N) is 1. The number of hydrogen-bond donors (Lipinski definition) is 2. The van der Waals surface area contributed by atoms with Gasteiger partial charge in [-0.3, -0.25) is 0 Å². The summed E-state index contributed by atoms with van der Waals surface area (Å²) in [7, 11) is 0. The average Bonchev–Trinajstić information content (AvgIpc) is 2.42. The van der Waals surface area contributed by atoms with Gasteiger partial charge in [-0.1, -0.05) is 0 Å². The monoisotopic (exact) mass is 192 g/mol. The Labute approximate surface area is 79.2 Å². The number of nitrogen functional groups attached to an aromatic ring is 1. The van der Waals surface area contributed by atoms with E-state index in [1.54, 1.807) is 13.0 Å². The molecule has 0 unspecified atom stereocenters. The van der Waals surface area contributed by atoms with Crippen LogP contribution in [0.25, 0.3) is 11.1 Å². The van der Waals surface area contributed by atoms with Crippen LogP contribution in [0.15, 0.2) is 16.5 Å². The van der Waals surface area contributed by atoms with Crippen LogP contribution in [0.5, 0.6) is 0 Å². The minimum atomic E-state index is -1.07. The van der Waals surface area contributed by atoms with Crippen molar-refractivity contribution in [1.82, 2.24) is 4.98 Å². The molecule has 2 aromatic rings. The van der Waals surface area contributed by atoms with Crippen molar-refractivity contribution in [2.45, 2.75) is 6.92 Å². The zero-order valence-electron chi connectivity index (χ0n) is 7.44. The zero-order chi connectivity index (χ0) is 10.3. The lowest BCUT2D eigenvalue weighted by Gasteiger charge is -1.96. The molecule has 1 aromatic carbocycles. The highest BCUT2D eigenvalue weighted by atomic mass is 16.4. The summed E-state index contributed by atoms with van der Waals surface area (Å²) < 4.78 is 5.17. The number of aryl methyl sites for hydroxylation is 1. The number of benzene rings is 1. The van der Waals surface area contributed by atoms with Gasteiger partial charge in [-0.05, 0) is 12.1 Å². The van der Waals surface area contributed by atoms with Crippen LogP contribution >= 0.6 is 0 Å². The van der Waals surface area contributed by atoms with Gasteiger partial charge in [0.15, 0.2) is 11.5 Å². The minimum Gasteiger partial charge on any atom is -0.478 e. The molecule has 0 aliphatic carbocycles. The summed E-state index contributed by atoms with van der Waals surface area (Å²) in [5.41, 5.74) is 6.67. The topological polar surface area (TPSA) is 89.3 Å². The predicted octanol–water partition coefficient (Wildman–Crippen LogP) is 1.42. The van der Waals surface area contributed by atoms with Crippen molar-refractivity contribution in [3.05, 3.63) is 23.6 Å². The van der Waals surface area contributed by atoms with Gasteiger partial charge in [0.1, 0.15) is 11.1 Å². The number of nitrogens with two attached hydrogens (primary N) is 1. The van der Waals surface area contributed by atoms with Crippen LogP contribution in [-0.4, -0.2) is 16.1 Å². The molecule has 72 valence electrons. The minimum absolute atomic E-state index is 0.0422. The summed E-state index contributed by atoms with van der Waals surface area (Å²) >= 11 is 0. The maximum absolute atomic E-state index is 10.8. The van der Waals surface area contributed by atoms with Crippen molar-refractivity contribution in [2.24, 2.45) is 0 Å². The van der Waals surface area contributed by atoms with Gasteiger partial charge in [-0.15, -0.1) is 0 Å². The summed E-state index contributed by atoms with van der Waals surface area (Å²) in [5, 5.41) is 8.87. The molecule has 0 bridgehead atoms. The zero-order valence-corrected chi connectivity index (χ0v) is 7.44. The van der Waals surface area contributed by atoms with E-state index in [1.807, 2.05) is 0 Å². The molecule has 0 fully saturated rings. The summed E-state index contributed by atoms with van der Waals surface area (Å²) in [4.78, 5) is 14.8. The van der Waals surface area contributed by atoms with Gasteiger partial charge in [0.2, 0.25) is 0 Å². The van der Waals surface area contributed by atoms with E-state index >= 15 is 0 Å². The number of carboxylic acid groups (broad SMARTS) is 1. The summed E-state index contributed by atoms with van der Waals surface area (Å²) in [6, 6.07) is 2.94. The van der Waals surface area contributed by atoms with Crippen LogP contribution in [0.4, 0.5) is 5.69 Å². The molecule has 0 radical (unpaired) electrons. The number of anilines is 1. The fourth-order valence-corrected chi connectivity index (χ4v) is 1.32. The van der Waals surface area contributed by atoms with Crippen LogP contribution < -0.4 is 5.73 Å². The number of carbonyl (C=O) groups is 1. The molecule has 0 atom stereocenters. The van der Waals surface area contributed by atoms with E-state index in [9.17, 15) is 4.79 Å². The van der Waals surface area contributed by atoms with E-state index < -0.39 is 5.97 Å². The molecule has 0 aliphatic rings. The highest BCUT2D eigenvalue weighted by molar-refractivity contribution is 6.01. The first-order chi connectivity index (χ1) is 6.58. The molecule has 5 heteroatoms. The van der Waals surface area contributed by atoms with Crippen molar-refractivity contribution in [2.75, 3.05) is 5.73 Å². The lowest BCUT2D eigenvalue weighted by molar-refractivity contribution is 0.0698. The lowest BCUT2D eigenvalue weighted by Crippen LogP contribution is -1.98. The second kappa shape index (κ2) is 2.73. The highest BCUT2D eigenvalue weighted by Crippen LogP contribution is 2.23. The van der Waals surface area contributed by atoms with Crippen LogP contribution in [0.2, 0.25) is 0 Å². The number of hydrogen-bond acceptors (Lipinski definition) is 4. The van der Waals surface area contributed by atoms with Gasteiger partial charge in [0, 0.05) is 12.6 Å². The summed E-state index contributed by atoms with van der Waals surface area (Å²) in [5.74, 6) is -0.647. The van der Waals surface area contributed by atoms with Gasteiger partial charge >= 0.3 is 5.97 Å². The molecule has 0 saturated heterocycles. The maximum Gasteiger partial charge on any atom is 0.339 e. The highest BCUT2D eigenvalue weighted by Gasteiger charge is 2.14. The van der Waals surface area contributed by atoms with E-state index in [2.05, 4.69) is 4.98 Å². The molecular formula is C9H8N2O3. The number of oxazole rings is 1. The molecule has 0 saturated carbocycles. The van der Waals surface area contributed by atoms with Gasteiger partial charge in [-0.25, -0.2) is 9.78 Å². The fourth-order valence-electron chi connectivity index (χ4n) is 1.32. The number of aromatic nitrogens is 1. The fraction of sp³-hybridized carbons (Fsp3) is 0.111. The molecule has 2 rings (SSSR count). The van der Waals surface area contributed by atoms with E-state index in [0.717, 1.165) is 0 Å². The molecule has 3 N–H and O–H groups in total. The van der Waals surface area contributed by atoms with Crippen molar-refractivity contribution in [3.8, 4) is 0 Å². The third-order valence-corrected chi connectivity index (χ3v) is 1.85. The Kier molecular flexibility index (Phi) is 1.67. The number of rotatable bonds is 1. The van der Waals surface area contributed by atoms with E-state index in [1.165, 1.54) is 6.07 Å². The first-order valence-electron chi connectivity index (χ1n) is 3.98. The molecule has 14 heavy (non-hydrogen) atoms. The Balaban J connectivity index is 2.85. The Bertz CT molecular complexity index is 516. The molecular weight excluding hydrogens is 184 g/mol. The van der Waals surface area contributed by atoms with E-state index in [0.29, 0.717) is 17.1 Å². The van der Waals surface area contributed by atoms with E-state index in [-0.39, 0.29) is 11.1 Å². The summed E-state index contributed by atoms with van der Waals surface area (Å²) in [6.45, 7) is 1.65. The standard InChI is InChI=1S/C9H8N2O3/c1-4-11-7-3-5(10)2-6(9(12)13)8(7)14-4/h2-3H,10H2,1H3,(H,12,13). The number of aromatic carboxylic acids is 1. The molecule has 0 aliphatic heterocycles. The third kappa shape index (κ3) is 1.19. The van der Waals surface area contributed by atoms with Gasteiger partial charge in [-0.2, -0.15) is 0 Å². The largest absolute Gasteiger partial charge is 0.478 e. The normalized spacial score (nSPS) is 10.6. The summed E-state index contributed by atoms with van der Waals surface area (Å²) in [6.07, 6.45) is 0. The lowest BCUT2D eigenvalue weighted by atomic mass is 10.2. The van der Waals surface area contributed by atoms with Crippen LogP contribution in [-0.2, 0) is 0 Å². The van der Waals surface area contributed by atoms with E-state index in [4.69, 9.17) is 15.3 Å². The maximum atomic E-state index is 10.8. The van der Waals surface area contributed by atoms with Crippen molar-refractivity contribution in [1.29, 1.82) is 0 Å². The molecule has 1 heterocycles. The van der Waals surface area contributed by atoms with Gasteiger partial charge in [0.25, 0.3) is 0 Å². The van der Waals surface area contributed by atoms with Crippen molar-refractivity contribution in [3.63, 3.8) is 0 Å². The Hall–Kier alpha value is -2.04. The second-order valence-electron chi connectivity index (χ2n) is 2.95. The Morgan fingerprint density at radius 1 is 1.57 bits per heavy atom. The Morgan fingerprint density at radius 2 is 2.29 bits per heavy atom. The van der Waals surface area contributed by atoms with Gasteiger partial charge in [0.05, 0.1) is 0 Å². The molecule has 1 aromatic heterocycles. The Morgan fingerprint density at radius 3 is 2.93 bits per heavy atom. The first-order valence-corrected chi connectivity index (χ1v) is 3.98. The SMILES string of the molecule is Cc1nc2cc(N)cc(C(=O)O)c2o1.